The molecule has 3 rings (SSSR count). The van der Waals surface area contributed by atoms with Gasteiger partial charge in [0.2, 0.25) is 12.7 Å². The van der Waals surface area contributed by atoms with E-state index >= 15 is 0 Å². The molecule has 0 radical (unpaired) electrons. The second-order valence-electron chi connectivity index (χ2n) is 6.14. The summed E-state index contributed by atoms with van der Waals surface area (Å²) >= 11 is 1.70. The van der Waals surface area contributed by atoms with E-state index in [4.69, 9.17) is 9.47 Å². The molecule has 1 aromatic carbocycles. The molecule has 1 amide bonds. The molecule has 134 valence electrons. The van der Waals surface area contributed by atoms with Crippen LogP contribution in [0.2, 0.25) is 0 Å². The monoisotopic (exact) mass is 360 g/mol. The molecule has 1 N–H and O–H groups in total. The molecule has 25 heavy (non-hydrogen) atoms. The number of fused-ring (bicyclic) bond motifs is 1. The van der Waals surface area contributed by atoms with Crippen molar-refractivity contribution in [2.24, 2.45) is 0 Å². The Morgan fingerprint density at radius 3 is 2.84 bits per heavy atom. The quantitative estimate of drug-likeness (QED) is 0.734. The molecular formula is C19H24N2O3S. The van der Waals surface area contributed by atoms with Crippen molar-refractivity contribution in [2.45, 2.75) is 33.4 Å². The predicted octanol–water partition coefficient (Wildman–Crippen LogP) is 3.31. The van der Waals surface area contributed by atoms with Crippen LogP contribution in [0.3, 0.4) is 0 Å². The number of hydrogen-bond acceptors (Lipinski definition) is 5. The van der Waals surface area contributed by atoms with Crippen molar-refractivity contribution in [3.63, 3.8) is 0 Å². The van der Waals surface area contributed by atoms with Gasteiger partial charge in [-0.3, -0.25) is 4.79 Å². The maximum atomic E-state index is 12.7. The fourth-order valence-electron chi connectivity index (χ4n) is 2.72. The van der Waals surface area contributed by atoms with Gasteiger partial charge in [-0.1, -0.05) is 13.0 Å². The predicted molar refractivity (Wildman–Crippen MR) is 99.0 cm³/mol. The van der Waals surface area contributed by atoms with E-state index in [0.29, 0.717) is 19.6 Å². The summed E-state index contributed by atoms with van der Waals surface area (Å²) in [6.07, 6.45) is 1.01. The van der Waals surface area contributed by atoms with Crippen molar-refractivity contribution in [3.8, 4) is 11.5 Å². The van der Waals surface area contributed by atoms with Gasteiger partial charge in [0.1, 0.15) is 0 Å². The summed E-state index contributed by atoms with van der Waals surface area (Å²) in [5.74, 6) is 1.63. The van der Waals surface area contributed by atoms with Crippen LogP contribution < -0.4 is 14.8 Å². The number of nitrogens with zero attached hydrogens (tertiary/aromatic N) is 1. The summed E-state index contributed by atoms with van der Waals surface area (Å²) < 4.78 is 10.8. The highest BCUT2D eigenvalue weighted by molar-refractivity contribution is 7.10. The zero-order valence-corrected chi connectivity index (χ0v) is 15.5. The first kappa shape index (κ1) is 17.8. The largest absolute Gasteiger partial charge is 0.454 e. The SMILES string of the molecule is CCCNCC(=O)N(Cc1ccc2c(c1)OCO2)Cc1sccc1C. The second kappa shape index (κ2) is 8.36. The molecule has 0 saturated carbocycles. The summed E-state index contributed by atoms with van der Waals surface area (Å²) in [5, 5.41) is 5.28. The minimum Gasteiger partial charge on any atom is -0.454 e. The second-order valence-corrected chi connectivity index (χ2v) is 7.14. The van der Waals surface area contributed by atoms with Gasteiger partial charge in [-0.25, -0.2) is 0 Å². The average molecular weight is 360 g/mol. The first-order valence-corrected chi connectivity index (χ1v) is 9.45. The lowest BCUT2D eigenvalue weighted by Crippen LogP contribution is -2.37. The lowest BCUT2D eigenvalue weighted by atomic mass is 10.1. The third-order valence-electron chi connectivity index (χ3n) is 4.17. The zero-order valence-electron chi connectivity index (χ0n) is 14.7. The van der Waals surface area contributed by atoms with E-state index in [1.54, 1.807) is 11.3 Å². The van der Waals surface area contributed by atoms with Crippen LogP contribution in [0.5, 0.6) is 11.5 Å². The molecular weight excluding hydrogens is 336 g/mol. The third-order valence-corrected chi connectivity index (χ3v) is 5.18. The van der Waals surface area contributed by atoms with E-state index < -0.39 is 0 Å². The molecule has 6 heteroatoms. The maximum absolute atomic E-state index is 12.7. The van der Waals surface area contributed by atoms with Gasteiger partial charge in [-0.2, -0.15) is 0 Å². The summed E-state index contributed by atoms with van der Waals surface area (Å²) in [4.78, 5) is 15.8. The Morgan fingerprint density at radius 1 is 1.24 bits per heavy atom. The van der Waals surface area contributed by atoms with Crippen molar-refractivity contribution in [1.29, 1.82) is 0 Å². The Morgan fingerprint density at radius 2 is 2.08 bits per heavy atom. The number of thiophene rings is 1. The molecule has 2 heterocycles. The van der Waals surface area contributed by atoms with Crippen LogP contribution in [0.4, 0.5) is 0 Å². The lowest BCUT2D eigenvalue weighted by molar-refractivity contribution is -0.131. The topological polar surface area (TPSA) is 50.8 Å². The van der Waals surface area contributed by atoms with Crippen LogP contribution in [0, 0.1) is 6.92 Å². The van der Waals surface area contributed by atoms with Crippen molar-refractivity contribution in [2.75, 3.05) is 19.9 Å². The van der Waals surface area contributed by atoms with Crippen LogP contribution in [0.15, 0.2) is 29.6 Å². The molecule has 2 aromatic rings. The average Bonchev–Trinajstić information content (AvgIpc) is 3.23. The molecule has 0 fully saturated rings. The minimum atomic E-state index is 0.110. The fourth-order valence-corrected chi connectivity index (χ4v) is 3.64. The Bertz CT molecular complexity index is 729. The van der Waals surface area contributed by atoms with Gasteiger partial charge in [0.05, 0.1) is 13.1 Å². The van der Waals surface area contributed by atoms with Crippen LogP contribution in [0.25, 0.3) is 0 Å². The van der Waals surface area contributed by atoms with Crippen molar-refractivity contribution >= 4 is 17.2 Å². The first-order chi connectivity index (χ1) is 12.2. The molecule has 0 bridgehead atoms. The van der Waals surface area contributed by atoms with Crippen molar-refractivity contribution in [1.82, 2.24) is 10.2 Å². The van der Waals surface area contributed by atoms with Gasteiger partial charge >= 0.3 is 0 Å². The highest BCUT2D eigenvalue weighted by Crippen LogP contribution is 2.33. The van der Waals surface area contributed by atoms with Crippen LogP contribution >= 0.6 is 11.3 Å². The number of nitrogens with one attached hydrogen (secondary N) is 1. The molecule has 1 aliphatic rings. The van der Waals surface area contributed by atoms with Gasteiger partial charge < -0.3 is 19.7 Å². The van der Waals surface area contributed by atoms with Gasteiger partial charge in [-0.05, 0) is 54.6 Å². The summed E-state index contributed by atoms with van der Waals surface area (Å²) in [6, 6.07) is 7.96. The third kappa shape index (κ3) is 4.52. The van der Waals surface area contributed by atoms with Gasteiger partial charge in [0.15, 0.2) is 11.5 Å². The summed E-state index contributed by atoms with van der Waals surface area (Å²) in [7, 11) is 0. The molecule has 0 aliphatic carbocycles. The van der Waals surface area contributed by atoms with Gasteiger partial charge in [0.25, 0.3) is 0 Å². The molecule has 0 unspecified atom stereocenters. The molecule has 5 nitrogen and oxygen atoms in total. The normalized spacial score (nSPS) is 12.4. The van der Waals surface area contributed by atoms with Crippen molar-refractivity contribution < 1.29 is 14.3 Å². The van der Waals surface area contributed by atoms with Crippen LogP contribution in [0.1, 0.15) is 29.3 Å². The minimum absolute atomic E-state index is 0.110. The number of carbonyl (C=O) groups is 1. The number of rotatable bonds is 8. The Labute approximate surface area is 152 Å². The van der Waals surface area contributed by atoms with Gasteiger partial charge in [0, 0.05) is 11.4 Å². The molecule has 1 aromatic heterocycles. The standard InChI is InChI=1S/C19H24N2O3S/c1-3-7-20-10-19(22)21(12-18-14(2)6-8-25-18)11-15-4-5-16-17(9-15)24-13-23-16/h4-6,8-9,20H,3,7,10-13H2,1-2H3. The van der Waals surface area contributed by atoms with E-state index in [0.717, 1.165) is 30.0 Å². The number of benzene rings is 1. The first-order valence-electron chi connectivity index (χ1n) is 8.57. The lowest BCUT2D eigenvalue weighted by Gasteiger charge is -2.23. The molecule has 0 saturated heterocycles. The van der Waals surface area contributed by atoms with E-state index in [-0.39, 0.29) is 12.7 Å². The maximum Gasteiger partial charge on any atom is 0.237 e. The van der Waals surface area contributed by atoms with E-state index in [1.165, 1.54) is 10.4 Å². The number of amides is 1. The van der Waals surface area contributed by atoms with E-state index in [1.807, 2.05) is 23.1 Å². The molecule has 1 aliphatic heterocycles. The number of aryl methyl sites for hydroxylation is 1. The number of ether oxygens (including phenoxy) is 2. The summed E-state index contributed by atoms with van der Waals surface area (Å²) in [6.45, 7) is 6.84. The Hall–Kier alpha value is -2.05. The van der Waals surface area contributed by atoms with Crippen LogP contribution in [-0.2, 0) is 17.9 Å². The highest BCUT2D eigenvalue weighted by Gasteiger charge is 2.18. The Kier molecular flexibility index (Phi) is 5.94. The Balaban J connectivity index is 1.73. The molecule has 0 atom stereocenters. The zero-order chi connectivity index (χ0) is 17.6. The van der Waals surface area contributed by atoms with Crippen molar-refractivity contribution in [3.05, 3.63) is 45.6 Å². The fraction of sp³-hybridized carbons (Fsp3) is 0.421. The number of hydrogen-bond donors (Lipinski definition) is 1. The van der Waals surface area contributed by atoms with Crippen LogP contribution in [-0.4, -0.2) is 30.7 Å². The van der Waals surface area contributed by atoms with E-state index in [9.17, 15) is 4.79 Å². The highest BCUT2D eigenvalue weighted by atomic mass is 32.1. The molecule has 0 spiro atoms. The van der Waals surface area contributed by atoms with Gasteiger partial charge in [-0.15, -0.1) is 11.3 Å². The smallest absolute Gasteiger partial charge is 0.237 e. The van der Waals surface area contributed by atoms with E-state index in [2.05, 4.69) is 30.6 Å². The summed E-state index contributed by atoms with van der Waals surface area (Å²) in [5.41, 5.74) is 2.28. The number of carbonyl (C=O) groups excluding carboxylic acids is 1.